The molecule has 308 valence electrons. The fraction of sp³-hybridized carbons (Fsp3) is 0.0690. The average molecular weight is 827 g/mol. The van der Waals surface area contributed by atoms with Crippen LogP contribution >= 0.6 is 0 Å². The zero-order valence-electron chi connectivity index (χ0n) is 36.1. The molecule has 0 saturated carbocycles. The van der Waals surface area contributed by atoms with E-state index in [1.54, 1.807) is 6.08 Å². The summed E-state index contributed by atoms with van der Waals surface area (Å²) >= 11 is 0. The molecule has 0 amide bonds. The van der Waals surface area contributed by atoms with E-state index in [2.05, 4.69) is 154 Å². The average Bonchev–Trinajstić information content (AvgIpc) is 3.37. The van der Waals surface area contributed by atoms with Crippen molar-refractivity contribution in [3.05, 3.63) is 236 Å². The molecule has 7 aromatic carbocycles. The predicted octanol–water partition coefficient (Wildman–Crippen LogP) is 14.2. The maximum absolute atomic E-state index is 5.02. The van der Waals surface area contributed by atoms with Gasteiger partial charge in [0.2, 0.25) is 0 Å². The van der Waals surface area contributed by atoms with Gasteiger partial charge in [0, 0.05) is 38.8 Å². The van der Waals surface area contributed by atoms with E-state index in [-0.39, 0.29) is 5.41 Å². The molecular formula is C58H46N6. The second kappa shape index (κ2) is 18.4. The molecule has 2 heterocycles. The smallest absolute Gasteiger partial charge is 0.164 e. The first-order valence-corrected chi connectivity index (χ1v) is 21.4. The number of nitrogens with zero attached hydrogens (tertiary/aromatic N) is 6. The summed E-state index contributed by atoms with van der Waals surface area (Å²) in [6.07, 6.45) is 7.65. The lowest BCUT2D eigenvalue weighted by Gasteiger charge is -2.26. The number of benzene rings is 7. The number of hydrogen-bond donors (Lipinski definition) is 0. The van der Waals surface area contributed by atoms with Crippen LogP contribution in [0.1, 0.15) is 37.7 Å². The first-order valence-electron chi connectivity index (χ1n) is 21.4. The van der Waals surface area contributed by atoms with Crippen LogP contribution in [-0.2, 0) is 5.41 Å². The predicted molar refractivity (Wildman–Crippen MR) is 263 cm³/mol. The maximum Gasteiger partial charge on any atom is 0.164 e. The van der Waals surface area contributed by atoms with Gasteiger partial charge in [-0.25, -0.2) is 29.9 Å². The summed E-state index contributed by atoms with van der Waals surface area (Å²) in [7, 11) is 0. The van der Waals surface area contributed by atoms with Crippen LogP contribution in [0.3, 0.4) is 0 Å². The molecule has 0 radical (unpaired) electrons. The fourth-order valence-corrected chi connectivity index (χ4v) is 7.75. The molecular weight excluding hydrogens is 781 g/mol. The van der Waals surface area contributed by atoms with Gasteiger partial charge in [-0.15, -0.1) is 0 Å². The van der Waals surface area contributed by atoms with Crippen LogP contribution in [0.2, 0.25) is 0 Å². The third-order valence-corrected chi connectivity index (χ3v) is 11.4. The van der Waals surface area contributed by atoms with E-state index in [1.807, 2.05) is 79.7 Å². The highest BCUT2D eigenvalue weighted by molar-refractivity contribution is 5.75. The molecule has 0 fully saturated rings. The summed E-state index contributed by atoms with van der Waals surface area (Å²) in [5.41, 5.74) is 12.0. The van der Waals surface area contributed by atoms with Gasteiger partial charge >= 0.3 is 0 Å². The molecule has 9 aromatic rings. The third-order valence-electron chi connectivity index (χ3n) is 11.4. The van der Waals surface area contributed by atoms with E-state index in [1.165, 1.54) is 0 Å². The highest BCUT2D eigenvalue weighted by Crippen LogP contribution is 2.35. The lowest BCUT2D eigenvalue weighted by atomic mass is 9.77. The minimum atomic E-state index is -0.321. The Morgan fingerprint density at radius 1 is 0.375 bits per heavy atom. The largest absolute Gasteiger partial charge is 0.208 e. The molecule has 2 aromatic heterocycles. The van der Waals surface area contributed by atoms with Crippen LogP contribution in [0.4, 0.5) is 0 Å². The summed E-state index contributed by atoms with van der Waals surface area (Å²) in [6, 6.07) is 64.6. The SMILES string of the molecule is C=C/C=C(\C=C/C)c1nc(-c2ccc(-c3ccccc3)cc2)nc(-c2ccc(C(C)(C)c3ccc(-c4nc(-c5ccccc5)nc(-c5ccc(-c6ccccc6)cc5)n4)cc3)cc2)n1. The second-order valence-corrected chi connectivity index (χ2v) is 16.0. The summed E-state index contributed by atoms with van der Waals surface area (Å²) in [5, 5.41) is 0. The summed E-state index contributed by atoms with van der Waals surface area (Å²) in [6.45, 7) is 10.4. The standard InChI is InChI=1S/C58H46N6/c1-5-16-44(17-6-2)52-59-54(46-28-24-42(25-29-46)40-18-10-7-11-19-40)63-56(60-52)48-32-36-50(37-33-48)58(3,4)51-38-34-49(35-39-51)57-62-53(45-22-14-9-15-23-45)61-55(64-57)47-30-26-43(27-31-47)41-20-12-8-13-21-41/h5-39H,1H2,2-4H3/b17-6-,44-16+. The van der Waals surface area contributed by atoms with Crippen LogP contribution in [0.5, 0.6) is 0 Å². The lowest BCUT2D eigenvalue weighted by molar-refractivity contribution is 0.641. The molecule has 0 atom stereocenters. The molecule has 0 unspecified atom stereocenters. The van der Waals surface area contributed by atoms with Crippen molar-refractivity contribution in [3.8, 4) is 79.2 Å². The lowest BCUT2D eigenvalue weighted by Crippen LogP contribution is -2.18. The van der Waals surface area contributed by atoms with E-state index in [9.17, 15) is 0 Å². The van der Waals surface area contributed by atoms with Gasteiger partial charge in [-0.3, -0.25) is 0 Å². The Morgan fingerprint density at radius 2 is 0.656 bits per heavy atom. The first kappa shape index (κ1) is 41.1. The Hall–Kier alpha value is -8.22. The van der Waals surface area contributed by atoms with Crippen molar-refractivity contribution in [2.75, 3.05) is 0 Å². The van der Waals surface area contributed by atoms with Crippen molar-refractivity contribution >= 4 is 5.57 Å². The normalized spacial score (nSPS) is 11.8. The van der Waals surface area contributed by atoms with Crippen molar-refractivity contribution in [1.29, 1.82) is 0 Å². The minimum Gasteiger partial charge on any atom is -0.208 e. The monoisotopic (exact) mass is 826 g/mol. The Labute approximate surface area is 375 Å². The van der Waals surface area contributed by atoms with Gasteiger partial charge in [0.15, 0.2) is 34.9 Å². The number of hydrogen-bond acceptors (Lipinski definition) is 6. The van der Waals surface area contributed by atoms with Crippen molar-refractivity contribution in [1.82, 2.24) is 29.9 Å². The van der Waals surface area contributed by atoms with E-state index in [4.69, 9.17) is 29.9 Å². The van der Waals surface area contributed by atoms with Gasteiger partial charge in [-0.05, 0) is 40.3 Å². The zero-order valence-corrected chi connectivity index (χ0v) is 36.1. The molecule has 0 bridgehead atoms. The quantitative estimate of drug-likeness (QED) is 0.114. The molecule has 0 N–H and O–H groups in total. The second-order valence-electron chi connectivity index (χ2n) is 16.0. The summed E-state index contributed by atoms with van der Waals surface area (Å²) < 4.78 is 0. The highest BCUT2D eigenvalue weighted by atomic mass is 15.0. The number of aromatic nitrogens is 6. The Morgan fingerprint density at radius 3 is 1.00 bits per heavy atom. The molecule has 0 spiro atoms. The third kappa shape index (κ3) is 8.89. The van der Waals surface area contributed by atoms with Gasteiger partial charge in [0.1, 0.15) is 0 Å². The summed E-state index contributed by atoms with van der Waals surface area (Å²) in [5.74, 6) is 3.65. The van der Waals surface area contributed by atoms with Crippen LogP contribution in [-0.4, -0.2) is 29.9 Å². The minimum absolute atomic E-state index is 0.321. The van der Waals surface area contributed by atoms with Crippen LogP contribution in [0.15, 0.2) is 219 Å². The molecule has 0 aliphatic carbocycles. The fourth-order valence-electron chi connectivity index (χ4n) is 7.75. The molecule has 64 heavy (non-hydrogen) atoms. The number of rotatable bonds is 12. The molecule has 0 saturated heterocycles. The van der Waals surface area contributed by atoms with Crippen molar-refractivity contribution < 1.29 is 0 Å². The number of allylic oxidation sites excluding steroid dienone is 5. The topological polar surface area (TPSA) is 77.3 Å². The van der Waals surface area contributed by atoms with Gasteiger partial charge < -0.3 is 0 Å². The van der Waals surface area contributed by atoms with E-state index < -0.39 is 0 Å². The van der Waals surface area contributed by atoms with E-state index >= 15 is 0 Å². The van der Waals surface area contributed by atoms with Gasteiger partial charge in [-0.2, -0.15) is 0 Å². The maximum atomic E-state index is 5.02. The van der Waals surface area contributed by atoms with Crippen LogP contribution < -0.4 is 0 Å². The van der Waals surface area contributed by atoms with Crippen molar-refractivity contribution in [2.24, 2.45) is 0 Å². The van der Waals surface area contributed by atoms with Crippen molar-refractivity contribution in [3.63, 3.8) is 0 Å². The van der Waals surface area contributed by atoms with E-state index in [0.717, 1.165) is 66.8 Å². The highest BCUT2D eigenvalue weighted by Gasteiger charge is 2.24. The molecule has 0 aliphatic heterocycles. The molecule has 0 aliphatic rings. The van der Waals surface area contributed by atoms with E-state index in [0.29, 0.717) is 34.9 Å². The molecule has 6 nitrogen and oxygen atoms in total. The Bertz CT molecular complexity index is 3080. The summed E-state index contributed by atoms with van der Waals surface area (Å²) in [4.78, 5) is 29.9. The van der Waals surface area contributed by atoms with Crippen LogP contribution in [0.25, 0.3) is 84.8 Å². The zero-order chi connectivity index (χ0) is 43.9. The Kier molecular flexibility index (Phi) is 11.8. The first-order chi connectivity index (χ1) is 31.4. The van der Waals surface area contributed by atoms with Gasteiger partial charge in [0.25, 0.3) is 0 Å². The van der Waals surface area contributed by atoms with Gasteiger partial charge in [0.05, 0.1) is 0 Å². The molecule has 9 rings (SSSR count). The van der Waals surface area contributed by atoms with Gasteiger partial charge in [-0.1, -0.05) is 233 Å². The van der Waals surface area contributed by atoms with Crippen molar-refractivity contribution in [2.45, 2.75) is 26.2 Å². The Balaban J connectivity index is 1.01. The van der Waals surface area contributed by atoms with Crippen LogP contribution in [0, 0.1) is 0 Å². The molecule has 6 heteroatoms.